The van der Waals surface area contributed by atoms with E-state index in [1.807, 2.05) is 78.9 Å². The molecular weight excluding hydrogens is 691 g/mol. The van der Waals surface area contributed by atoms with E-state index in [1.165, 1.54) is 22.3 Å². The number of anilines is 3. The SMILES string of the molecule is [2H]c1c([2H])c([2H])c(-c2cc3ccccc3cc2N(c2ccccc2)c2cccc(-c3cc(-c4ccc5c(c4)-c4ccccc4C5(C)C)c4c(c3)oc3ccccc34)c2)c([2H])c1[2H]. The monoisotopic (exact) mass is 734 g/mol. The Morgan fingerprint density at radius 1 is 0.456 bits per heavy atom. The van der Waals surface area contributed by atoms with Gasteiger partial charge in [0.1, 0.15) is 11.2 Å². The van der Waals surface area contributed by atoms with E-state index in [1.54, 1.807) is 0 Å². The number of rotatable bonds is 6. The molecule has 0 atom stereocenters. The second kappa shape index (κ2) is 13.0. The van der Waals surface area contributed by atoms with Crippen molar-refractivity contribution in [3.63, 3.8) is 0 Å². The molecule has 0 unspecified atom stereocenters. The van der Waals surface area contributed by atoms with E-state index < -0.39 is 6.04 Å². The van der Waals surface area contributed by atoms with Gasteiger partial charge in [0.2, 0.25) is 0 Å². The molecule has 1 aromatic heterocycles. The first-order valence-corrected chi connectivity index (χ1v) is 19.3. The Morgan fingerprint density at radius 3 is 2.02 bits per heavy atom. The zero-order valence-electron chi connectivity index (χ0n) is 36.5. The topological polar surface area (TPSA) is 16.4 Å². The van der Waals surface area contributed by atoms with Gasteiger partial charge < -0.3 is 9.32 Å². The summed E-state index contributed by atoms with van der Waals surface area (Å²) in [6.07, 6.45) is 0. The van der Waals surface area contributed by atoms with E-state index in [2.05, 4.69) is 110 Å². The highest BCUT2D eigenvalue weighted by Gasteiger charge is 2.35. The lowest BCUT2D eigenvalue weighted by molar-refractivity contribution is 0.660. The molecule has 0 radical (unpaired) electrons. The van der Waals surface area contributed by atoms with E-state index in [0.717, 1.165) is 66.3 Å². The van der Waals surface area contributed by atoms with Gasteiger partial charge in [0, 0.05) is 33.1 Å². The predicted molar refractivity (Wildman–Crippen MR) is 240 cm³/mol. The molecule has 11 rings (SSSR count). The van der Waals surface area contributed by atoms with Crippen LogP contribution in [-0.4, -0.2) is 0 Å². The van der Waals surface area contributed by atoms with Crippen LogP contribution < -0.4 is 4.90 Å². The van der Waals surface area contributed by atoms with Gasteiger partial charge in [-0.3, -0.25) is 0 Å². The van der Waals surface area contributed by atoms with Crippen molar-refractivity contribution < 1.29 is 11.3 Å². The van der Waals surface area contributed by atoms with Crippen LogP contribution in [0.15, 0.2) is 204 Å². The lowest BCUT2D eigenvalue weighted by Gasteiger charge is -2.29. The molecule has 1 aliphatic rings. The number of fused-ring (bicyclic) bond motifs is 7. The molecule has 2 heteroatoms. The normalized spacial score (nSPS) is 14.1. The second-order valence-corrected chi connectivity index (χ2v) is 15.4. The van der Waals surface area contributed by atoms with Crippen molar-refractivity contribution in [3.05, 3.63) is 211 Å². The summed E-state index contributed by atoms with van der Waals surface area (Å²) in [5.41, 5.74) is 13.9. The molecule has 0 N–H and O–H groups in total. The molecule has 57 heavy (non-hydrogen) atoms. The fourth-order valence-corrected chi connectivity index (χ4v) is 8.96. The molecular formula is C55H39NO. The zero-order valence-corrected chi connectivity index (χ0v) is 31.5. The summed E-state index contributed by atoms with van der Waals surface area (Å²) in [7, 11) is 0. The highest BCUT2D eigenvalue weighted by molar-refractivity contribution is 6.14. The van der Waals surface area contributed by atoms with Crippen molar-refractivity contribution in [2.75, 3.05) is 4.90 Å². The maximum Gasteiger partial charge on any atom is 0.136 e. The molecule has 2 nitrogen and oxygen atoms in total. The molecule has 0 amide bonds. The fraction of sp³-hybridized carbons (Fsp3) is 0.0545. The third-order valence-electron chi connectivity index (χ3n) is 11.7. The Morgan fingerprint density at radius 2 is 1.16 bits per heavy atom. The van der Waals surface area contributed by atoms with Crippen molar-refractivity contribution in [2.45, 2.75) is 19.3 Å². The highest BCUT2D eigenvalue weighted by Crippen LogP contribution is 2.51. The molecule has 9 aromatic carbocycles. The Hall–Kier alpha value is -7.16. The maximum absolute atomic E-state index is 9.07. The summed E-state index contributed by atoms with van der Waals surface area (Å²) in [5.74, 6) is 0. The van der Waals surface area contributed by atoms with Crippen LogP contribution in [0.5, 0.6) is 0 Å². The molecule has 0 saturated carbocycles. The van der Waals surface area contributed by atoms with Crippen LogP contribution in [0, 0.1) is 0 Å². The van der Waals surface area contributed by atoms with Crippen molar-refractivity contribution in [1.82, 2.24) is 0 Å². The lowest BCUT2D eigenvalue weighted by Crippen LogP contribution is -2.14. The average Bonchev–Trinajstić information content (AvgIpc) is 3.79. The highest BCUT2D eigenvalue weighted by atomic mass is 16.3. The Bertz CT molecular complexity index is 3430. The van der Waals surface area contributed by atoms with Gasteiger partial charge in [-0.15, -0.1) is 0 Å². The molecule has 0 fully saturated rings. The number of furan rings is 1. The molecule has 10 aromatic rings. The average molecular weight is 735 g/mol. The molecule has 270 valence electrons. The minimum absolute atomic E-state index is 0.109. The first kappa shape index (κ1) is 28.3. The summed E-state index contributed by atoms with van der Waals surface area (Å²) in [5, 5.41) is 3.98. The van der Waals surface area contributed by atoms with E-state index in [9.17, 15) is 0 Å². The first-order chi connectivity index (χ1) is 30.1. The van der Waals surface area contributed by atoms with Crippen LogP contribution in [0.4, 0.5) is 17.1 Å². The number of hydrogen-bond donors (Lipinski definition) is 0. The van der Waals surface area contributed by atoms with E-state index in [-0.39, 0.29) is 35.1 Å². The summed E-state index contributed by atoms with van der Waals surface area (Å²) in [6, 6.07) is 56.9. The maximum atomic E-state index is 9.07. The van der Waals surface area contributed by atoms with Gasteiger partial charge in [-0.25, -0.2) is 0 Å². The summed E-state index contributed by atoms with van der Waals surface area (Å²) >= 11 is 0. The fourth-order valence-electron chi connectivity index (χ4n) is 8.96. The molecule has 0 bridgehead atoms. The molecule has 0 spiro atoms. The minimum Gasteiger partial charge on any atom is -0.456 e. The van der Waals surface area contributed by atoms with Gasteiger partial charge in [-0.1, -0.05) is 153 Å². The Labute approximate surface area is 339 Å². The van der Waals surface area contributed by atoms with Crippen molar-refractivity contribution in [2.24, 2.45) is 0 Å². The van der Waals surface area contributed by atoms with Crippen LogP contribution in [0.3, 0.4) is 0 Å². The standard InChI is InChI=1S/C55H39NO/c1-55(2)49-26-13-11-24-44(49)48-32-40(28-29-50(48)55)47-33-41(35-53-54(47)45-25-12-14-27-52(45)57-53)37-20-15-23-43(30-37)56(42-21-7-4-8-22-42)51-34-39-19-10-9-18-38(39)31-46(51)36-16-5-3-6-17-36/h3-35H,1-2H3/i3D,5D,6D,16D,17D. The molecule has 1 heterocycles. The van der Waals surface area contributed by atoms with Gasteiger partial charge in [0.25, 0.3) is 0 Å². The summed E-state index contributed by atoms with van der Waals surface area (Å²) in [6.45, 7) is 4.60. The van der Waals surface area contributed by atoms with Crippen molar-refractivity contribution in [1.29, 1.82) is 0 Å². The van der Waals surface area contributed by atoms with Gasteiger partial charge >= 0.3 is 0 Å². The Balaban J connectivity index is 1.14. The third-order valence-corrected chi connectivity index (χ3v) is 11.7. The van der Waals surface area contributed by atoms with Crippen molar-refractivity contribution >= 4 is 49.8 Å². The first-order valence-electron chi connectivity index (χ1n) is 21.8. The zero-order chi connectivity index (χ0) is 42.4. The van der Waals surface area contributed by atoms with Gasteiger partial charge in [-0.2, -0.15) is 0 Å². The van der Waals surface area contributed by atoms with Gasteiger partial charge in [-0.05, 0) is 122 Å². The molecule has 0 aliphatic heterocycles. The van der Waals surface area contributed by atoms with E-state index >= 15 is 0 Å². The van der Waals surface area contributed by atoms with Crippen LogP contribution in [0.25, 0.3) is 77.2 Å². The lowest BCUT2D eigenvalue weighted by atomic mass is 9.82. The van der Waals surface area contributed by atoms with Crippen LogP contribution in [0.1, 0.15) is 31.8 Å². The second-order valence-electron chi connectivity index (χ2n) is 15.4. The third kappa shape index (κ3) is 5.40. The quantitative estimate of drug-likeness (QED) is 0.169. The smallest absolute Gasteiger partial charge is 0.136 e. The molecule has 1 aliphatic carbocycles. The number of hydrogen-bond acceptors (Lipinski definition) is 2. The van der Waals surface area contributed by atoms with Gasteiger partial charge in [0.05, 0.1) is 12.5 Å². The predicted octanol–water partition coefficient (Wildman–Crippen LogP) is 15.5. The molecule has 0 saturated heterocycles. The minimum atomic E-state index is -0.423. The number of benzene rings is 9. The Kier molecular flexibility index (Phi) is 6.43. The van der Waals surface area contributed by atoms with Crippen LogP contribution in [0.2, 0.25) is 0 Å². The van der Waals surface area contributed by atoms with E-state index in [0.29, 0.717) is 11.3 Å². The number of nitrogens with zero attached hydrogens (tertiary/aromatic N) is 1. The summed E-state index contributed by atoms with van der Waals surface area (Å²) in [4.78, 5) is 2.12. The summed E-state index contributed by atoms with van der Waals surface area (Å²) < 4.78 is 50.3. The number of para-hydroxylation sites is 2. The van der Waals surface area contributed by atoms with Crippen LogP contribution >= 0.6 is 0 Å². The largest absolute Gasteiger partial charge is 0.456 e. The van der Waals surface area contributed by atoms with E-state index in [4.69, 9.17) is 11.3 Å². The van der Waals surface area contributed by atoms with Crippen molar-refractivity contribution in [3.8, 4) is 44.5 Å². The van der Waals surface area contributed by atoms with Crippen LogP contribution in [-0.2, 0) is 5.41 Å². The van der Waals surface area contributed by atoms with Gasteiger partial charge in [0.15, 0.2) is 0 Å².